The van der Waals surface area contributed by atoms with Crippen LogP contribution in [0.2, 0.25) is 0 Å². The zero-order chi connectivity index (χ0) is 10.1. The zero-order valence-electron chi connectivity index (χ0n) is 8.89. The Morgan fingerprint density at radius 2 is 2.07 bits per heavy atom. The van der Waals surface area contributed by atoms with E-state index in [9.17, 15) is 10.2 Å². The van der Waals surface area contributed by atoms with E-state index in [1.54, 1.807) is 0 Å². The Morgan fingerprint density at radius 1 is 1.29 bits per heavy atom. The summed E-state index contributed by atoms with van der Waals surface area (Å²) in [5.41, 5.74) is 0. The van der Waals surface area contributed by atoms with E-state index in [2.05, 4.69) is 11.8 Å². The minimum Gasteiger partial charge on any atom is -0.393 e. The average molecular weight is 199 g/mol. The molecule has 0 aromatic heterocycles. The van der Waals surface area contributed by atoms with Gasteiger partial charge in [0.15, 0.2) is 0 Å². The molecule has 1 heterocycles. The van der Waals surface area contributed by atoms with E-state index in [-0.39, 0.29) is 12.2 Å². The molecule has 4 atom stereocenters. The van der Waals surface area contributed by atoms with Crippen LogP contribution in [0.1, 0.15) is 32.6 Å². The third kappa shape index (κ3) is 2.10. The third-order valence-corrected chi connectivity index (χ3v) is 3.77. The van der Waals surface area contributed by atoms with Crippen LogP contribution in [0, 0.1) is 5.92 Å². The van der Waals surface area contributed by atoms with Gasteiger partial charge >= 0.3 is 0 Å². The summed E-state index contributed by atoms with van der Waals surface area (Å²) in [5, 5.41) is 19.2. The van der Waals surface area contributed by atoms with Crippen molar-refractivity contribution in [1.82, 2.24) is 4.90 Å². The Bertz CT molecular complexity index is 198. The molecule has 3 nitrogen and oxygen atoms in total. The van der Waals surface area contributed by atoms with Gasteiger partial charge in [-0.1, -0.05) is 6.42 Å². The van der Waals surface area contributed by atoms with E-state index in [1.165, 1.54) is 0 Å². The second-order valence-electron chi connectivity index (χ2n) is 4.95. The van der Waals surface area contributed by atoms with Gasteiger partial charge in [-0.2, -0.15) is 0 Å². The lowest BCUT2D eigenvalue weighted by Crippen LogP contribution is -2.35. The quantitative estimate of drug-likeness (QED) is 0.684. The lowest BCUT2D eigenvalue weighted by Gasteiger charge is -2.25. The Hall–Kier alpha value is -0.120. The number of aliphatic hydroxyl groups is 2. The number of rotatable bonds is 2. The molecule has 1 saturated carbocycles. The summed E-state index contributed by atoms with van der Waals surface area (Å²) in [6.45, 7) is 3.93. The lowest BCUT2D eigenvalue weighted by atomic mass is 10.1. The van der Waals surface area contributed by atoms with Gasteiger partial charge in [-0.25, -0.2) is 0 Å². The molecule has 0 aromatic carbocycles. The first-order valence-electron chi connectivity index (χ1n) is 5.77. The smallest absolute Gasteiger partial charge is 0.0682 e. The first-order valence-corrected chi connectivity index (χ1v) is 5.77. The van der Waals surface area contributed by atoms with Crippen molar-refractivity contribution >= 4 is 0 Å². The van der Waals surface area contributed by atoms with Crippen molar-refractivity contribution in [1.29, 1.82) is 0 Å². The fourth-order valence-electron chi connectivity index (χ4n) is 2.85. The monoisotopic (exact) mass is 199 g/mol. The Morgan fingerprint density at radius 3 is 2.57 bits per heavy atom. The van der Waals surface area contributed by atoms with Crippen LogP contribution in [0.15, 0.2) is 0 Å². The molecule has 1 aliphatic carbocycles. The van der Waals surface area contributed by atoms with Gasteiger partial charge in [0.25, 0.3) is 0 Å². The predicted molar refractivity (Wildman–Crippen MR) is 55.0 cm³/mol. The number of aliphatic hydroxyl groups excluding tert-OH is 2. The molecule has 82 valence electrons. The third-order valence-electron chi connectivity index (χ3n) is 3.77. The highest BCUT2D eigenvalue weighted by atomic mass is 16.3. The summed E-state index contributed by atoms with van der Waals surface area (Å²) in [6, 6.07) is 0.484. The topological polar surface area (TPSA) is 43.7 Å². The molecule has 2 rings (SSSR count). The molecule has 1 aliphatic heterocycles. The number of hydrogen-bond donors (Lipinski definition) is 2. The van der Waals surface area contributed by atoms with E-state index >= 15 is 0 Å². The van der Waals surface area contributed by atoms with Crippen LogP contribution in [0.25, 0.3) is 0 Å². The van der Waals surface area contributed by atoms with Crippen LogP contribution in [-0.2, 0) is 0 Å². The molecule has 0 radical (unpaired) electrons. The normalized spacial score (nSPS) is 44.8. The highest BCUT2D eigenvalue weighted by molar-refractivity contribution is 4.86. The fraction of sp³-hybridized carbons (Fsp3) is 1.00. The van der Waals surface area contributed by atoms with Crippen LogP contribution in [0.5, 0.6) is 0 Å². The van der Waals surface area contributed by atoms with E-state index in [1.807, 2.05) is 0 Å². The molecule has 1 saturated heterocycles. The molecule has 14 heavy (non-hydrogen) atoms. The average Bonchev–Trinajstić information content (AvgIpc) is 2.62. The summed E-state index contributed by atoms with van der Waals surface area (Å²) in [6.07, 6.45) is 3.93. The second kappa shape index (κ2) is 4.17. The van der Waals surface area contributed by atoms with Gasteiger partial charge in [0.2, 0.25) is 0 Å². The van der Waals surface area contributed by atoms with Gasteiger partial charge in [-0.05, 0) is 32.1 Å². The molecule has 3 heteroatoms. The van der Waals surface area contributed by atoms with Gasteiger partial charge in [0, 0.05) is 19.1 Å². The standard InChI is InChI=1S/C11H21NO2/c1-8-5-10(13)7-12(8)6-9-3-2-4-11(9)14/h8-11,13-14H,2-7H2,1H3. The fourth-order valence-corrected chi connectivity index (χ4v) is 2.85. The molecule has 0 amide bonds. The second-order valence-corrected chi connectivity index (χ2v) is 4.95. The van der Waals surface area contributed by atoms with Crippen molar-refractivity contribution in [2.24, 2.45) is 5.92 Å². The van der Waals surface area contributed by atoms with Gasteiger partial charge in [-0.15, -0.1) is 0 Å². The molecule has 2 aliphatic rings. The first kappa shape index (κ1) is 10.4. The number of likely N-dealkylation sites (tertiary alicyclic amines) is 1. The van der Waals surface area contributed by atoms with Crippen LogP contribution >= 0.6 is 0 Å². The molecular weight excluding hydrogens is 178 g/mol. The van der Waals surface area contributed by atoms with Crippen LogP contribution in [-0.4, -0.2) is 46.5 Å². The van der Waals surface area contributed by atoms with Crippen molar-refractivity contribution in [3.63, 3.8) is 0 Å². The van der Waals surface area contributed by atoms with Crippen molar-refractivity contribution in [3.8, 4) is 0 Å². The Kier molecular flexibility index (Phi) is 3.10. The van der Waals surface area contributed by atoms with Crippen molar-refractivity contribution in [2.75, 3.05) is 13.1 Å². The highest BCUT2D eigenvalue weighted by Gasteiger charge is 2.33. The molecule has 2 fully saturated rings. The first-order chi connectivity index (χ1) is 6.66. The van der Waals surface area contributed by atoms with Crippen molar-refractivity contribution in [2.45, 2.75) is 50.9 Å². The molecule has 4 unspecified atom stereocenters. The number of β-amino-alcohol motifs (C(OH)–C–C–N with tert-alkyl or cyclic N) is 1. The lowest BCUT2D eigenvalue weighted by molar-refractivity contribution is 0.0949. The van der Waals surface area contributed by atoms with E-state index in [0.29, 0.717) is 12.0 Å². The van der Waals surface area contributed by atoms with Gasteiger partial charge < -0.3 is 10.2 Å². The van der Waals surface area contributed by atoms with Crippen molar-refractivity contribution in [3.05, 3.63) is 0 Å². The van der Waals surface area contributed by atoms with E-state index in [4.69, 9.17) is 0 Å². The summed E-state index contributed by atoms with van der Waals surface area (Å²) in [5.74, 6) is 0.447. The molecular formula is C11H21NO2. The molecule has 0 spiro atoms. The highest BCUT2D eigenvalue weighted by Crippen LogP contribution is 2.28. The molecule has 2 N–H and O–H groups in total. The number of hydrogen-bond acceptors (Lipinski definition) is 3. The van der Waals surface area contributed by atoms with E-state index in [0.717, 1.165) is 38.8 Å². The molecule has 0 aromatic rings. The zero-order valence-corrected chi connectivity index (χ0v) is 8.89. The number of nitrogens with zero attached hydrogens (tertiary/aromatic N) is 1. The summed E-state index contributed by atoms with van der Waals surface area (Å²) in [4.78, 5) is 2.32. The maximum absolute atomic E-state index is 9.71. The minimum absolute atomic E-state index is 0.0973. The van der Waals surface area contributed by atoms with Gasteiger partial charge in [0.05, 0.1) is 12.2 Å². The van der Waals surface area contributed by atoms with Gasteiger partial charge in [0.1, 0.15) is 0 Å². The maximum Gasteiger partial charge on any atom is 0.0682 e. The van der Waals surface area contributed by atoms with Crippen LogP contribution in [0.4, 0.5) is 0 Å². The Balaban J connectivity index is 1.85. The van der Waals surface area contributed by atoms with Crippen molar-refractivity contribution < 1.29 is 10.2 Å². The SMILES string of the molecule is CC1CC(O)CN1CC1CCCC1O. The maximum atomic E-state index is 9.71. The molecule has 0 bridgehead atoms. The van der Waals surface area contributed by atoms with Crippen LogP contribution < -0.4 is 0 Å². The largest absolute Gasteiger partial charge is 0.393 e. The summed E-state index contributed by atoms with van der Waals surface area (Å²) in [7, 11) is 0. The minimum atomic E-state index is -0.149. The predicted octanol–water partition coefficient (Wildman–Crippen LogP) is 0.602. The van der Waals surface area contributed by atoms with Crippen LogP contribution in [0.3, 0.4) is 0 Å². The summed E-state index contributed by atoms with van der Waals surface area (Å²) < 4.78 is 0. The summed E-state index contributed by atoms with van der Waals surface area (Å²) >= 11 is 0. The van der Waals surface area contributed by atoms with E-state index < -0.39 is 0 Å². The Labute approximate surface area is 85.7 Å². The van der Waals surface area contributed by atoms with Gasteiger partial charge in [-0.3, -0.25) is 4.90 Å².